The molecule has 2 aliphatic heterocycles. The minimum atomic E-state index is -0.792. The number of rotatable bonds is 6. The molecular formula is C30H25ClN4O5S2. The van der Waals surface area contributed by atoms with E-state index in [1.807, 2.05) is 43.3 Å². The number of hydrogen-bond donors (Lipinski definition) is 2. The Balaban J connectivity index is 1.41. The molecule has 214 valence electrons. The SMILES string of the molecule is CN(C)c1ccc([C@@H]2c3sc(=O)n(CC(=O)Nc4ccc(O)cc4)c3S[C@H]3C(=O)N(c4ccc(Cl)cc4)C(=O)[C@@H]23)cc1. The summed E-state index contributed by atoms with van der Waals surface area (Å²) in [5, 5.41) is 12.5. The topological polar surface area (TPSA) is 112 Å². The van der Waals surface area contributed by atoms with Crippen LogP contribution < -0.4 is 20.0 Å². The number of halogens is 1. The molecular weight excluding hydrogens is 596 g/mol. The third-order valence-electron chi connectivity index (χ3n) is 7.36. The highest BCUT2D eigenvalue weighted by Gasteiger charge is 2.56. The summed E-state index contributed by atoms with van der Waals surface area (Å²) in [6.45, 7) is -0.273. The highest BCUT2D eigenvalue weighted by atomic mass is 35.5. The summed E-state index contributed by atoms with van der Waals surface area (Å²) in [5.41, 5.74) is 2.67. The Morgan fingerprint density at radius 3 is 2.26 bits per heavy atom. The number of phenols is 1. The van der Waals surface area contributed by atoms with Crippen LogP contribution in [0.1, 0.15) is 16.4 Å². The fourth-order valence-electron chi connectivity index (χ4n) is 5.33. The van der Waals surface area contributed by atoms with Gasteiger partial charge < -0.3 is 15.3 Å². The Bertz CT molecular complexity index is 1750. The predicted molar refractivity (Wildman–Crippen MR) is 165 cm³/mol. The molecule has 2 aliphatic rings. The summed E-state index contributed by atoms with van der Waals surface area (Å²) in [6.07, 6.45) is 0. The fraction of sp³-hybridized carbons (Fsp3) is 0.200. The van der Waals surface area contributed by atoms with Gasteiger partial charge in [0.25, 0.3) is 0 Å². The number of anilines is 3. The zero-order valence-electron chi connectivity index (χ0n) is 22.5. The van der Waals surface area contributed by atoms with Crippen LogP contribution in [0.5, 0.6) is 5.75 Å². The van der Waals surface area contributed by atoms with Crippen LogP contribution in [-0.4, -0.2) is 46.7 Å². The van der Waals surface area contributed by atoms with Gasteiger partial charge in [0.1, 0.15) is 17.5 Å². The van der Waals surface area contributed by atoms with E-state index in [-0.39, 0.29) is 29.0 Å². The van der Waals surface area contributed by atoms with Gasteiger partial charge in [0.15, 0.2) is 0 Å². The number of thiazole rings is 1. The Morgan fingerprint density at radius 1 is 0.952 bits per heavy atom. The smallest absolute Gasteiger partial charge is 0.308 e. The lowest BCUT2D eigenvalue weighted by Crippen LogP contribution is -2.33. The molecule has 6 rings (SSSR count). The second-order valence-corrected chi connectivity index (χ2v) is 12.8. The summed E-state index contributed by atoms with van der Waals surface area (Å²) in [6, 6.07) is 20.3. The number of carbonyl (C=O) groups is 3. The molecule has 0 radical (unpaired) electrons. The van der Waals surface area contributed by atoms with Gasteiger partial charge in [0.2, 0.25) is 17.7 Å². The molecule has 3 aromatic carbocycles. The van der Waals surface area contributed by atoms with Crippen molar-refractivity contribution in [2.24, 2.45) is 5.92 Å². The number of nitrogens with zero attached hydrogens (tertiary/aromatic N) is 3. The Morgan fingerprint density at radius 2 is 1.62 bits per heavy atom. The van der Waals surface area contributed by atoms with E-state index in [2.05, 4.69) is 5.32 Å². The van der Waals surface area contributed by atoms with E-state index in [1.165, 1.54) is 21.6 Å². The lowest BCUT2D eigenvalue weighted by Gasteiger charge is -2.31. The minimum absolute atomic E-state index is 0.0650. The third-order valence-corrected chi connectivity index (χ3v) is 10.2. The largest absolute Gasteiger partial charge is 0.508 e. The average molecular weight is 621 g/mol. The molecule has 3 amide bonds. The number of carbonyl (C=O) groups excluding carboxylic acids is 3. The van der Waals surface area contributed by atoms with Gasteiger partial charge in [-0.3, -0.25) is 23.7 Å². The lowest BCUT2D eigenvalue weighted by molar-refractivity contribution is -0.122. The maximum Gasteiger partial charge on any atom is 0.308 e. The molecule has 0 aliphatic carbocycles. The number of hydrogen-bond acceptors (Lipinski definition) is 8. The number of aromatic hydroxyl groups is 1. The number of thioether (sulfide) groups is 1. The molecule has 0 spiro atoms. The van der Waals surface area contributed by atoms with Crippen molar-refractivity contribution in [3.63, 3.8) is 0 Å². The van der Waals surface area contributed by atoms with Gasteiger partial charge in [0.05, 0.1) is 16.6 Å². The zero-order chi connectivity index (χ0) is 29.7. The van der Waals surface area contributed by atoms with E-state index in [9.17, 15) is 24.3 Å². The number of phenolic OH excluding ortho intramolecular Hbond substituents is 1. The first kappa shape index (κ1) is 28.1. The molecule has 1 aromatic heterocycles. The van der Waals surface area contributed by atoms with Crippen LogP contribution in [0.2, 0.25) is 5.02 Å². The molecule has 0 saturated carbocycles. The average Bonchev–Trinajstić information content (AvgIpc) is 3.41. The number of aromatic nitrogens is 1. The van der Waals surface area contributed by atoms with Crippen molar-refractivity contribution < 1.29 is 19.5 Å². The second kappa shape index (κ2) is 11.0. The molecule has 12 heteroatoms. The summed E-state index contributed by atoms with van der Waals surface area (Å²) in [7, 11) is 3.86. The number of nitrogens with one attached hydrogen (secondary N) is 1. The van der Waals surface area contributed by atoms with Crippen LogP contribution in [0.15, 0.2) is 82.6 Å². The van der Waals surface area contributed by atoms with Gasteiger partial charge in [-0.1, -0.05) is 46.8 Å². The maximum atomic E-state index is 14.0. The monoisotopic (exact) mass is 620 g/mol. The van der Waals surface area contributed by atoms with Gasteiger partial charge in [-0.15, -0.1) is 0 Å². The van der Waals surface area contributed by atoms with Crippen molar-refractivity contribution in [1.29, 1.82) is 0 Å². The Kier molecular flexibility index (Phi) is 7.34. The van der Waals surface area contributed by atoms with E-state index < -0.39 is 23.0 Å². The maximum absolute atomic E-state index is 14.0. The minimum Gasteiger partial charge on any atom is -0.508 e. The van der Waals surface area contributed by atoms with Crippen molar-refractivity contribution in [3.8, 4) is 5.75 Å². The van der Waals surface area contributed by atoms with Crippen LogP contribution in [0.3, 0.4) is 0 Å². The van der Waals surface area contributed by atoms with E-state index in [4.69, 9.17) is 11.6 Å². The second-order valence-electron chi connectivity index (χ2n) is 10.2. The molecule has 1 saturated heterocycles. The summed E-state index contributed by atoms with van der Waals surface area (Å²) < 4.78 is 1.38. The van der Waals surface area contributed by atoms with Gasteiger partial charge >= 0.3 is 4.87 Å². The van der Waals surface area contributed by atoms with Crippen LogP contribution in [-0.2, 0) is 20.9 Å². The third kappa shape index (κ3) is 4.97. The molecule has 0 bridgehead atoms. The molecule has 4 aromatic rings. The van der Waals surface area contributed by atoms with E-state index in [1.54, 1.807) is 36.4 Å². The molecule has 42 heavy (non-hydrogen) atoms. The predicted octanol–water partition coefficient (Wildman–Crippen LogP) is 4.77. The number of benzene rings is 3. The quantitative estimate of drug-likeness (QED) is 0.236. The molecule has 2 N–H and O–H groups in total. The van der Waals surface area contributed by atoms with Gasteiger partial charge in [0, 0.05) is 41.3 Å². The summed E-state index contributed by atoms with van der Waals surface area (Å²) in [4.78, 5) is 57.6. The standard InChI is InChI=1S/C30H25ClN4O5S2/c1-33(2)19-9-3-16(4-10-19)23-24-25(28(39)35(27(24)38)20-11-5-17(31)6-12-20)41-29-26(23)42-30(40)34(29)15-22(37)32-18-7-13-21(36)14-8-18/h3-14,23-25,36H,15H2,1-2H3,(H,32,37)/t23-,24-,25+/m0/s1. The number of imide groups is 1. The van der Waals surface area contributed by atoms with Crippen LogP contribution in [0.4, 0.5) is 17.1 Å². The summed E-state index contributed by atoms with van der Waals surface area (Å²) >= 11 is 8.21. The van der Waals surface area contributed by atoms with Gasteiger partial charge in [-0.2, -0.15) is 0 Å². The van der Waals surface area contributed by atoms with E-state index in [0.29, 0.717) is 26.3 Å². The molecule has 3 atom stereocenters. The number of amides is 3. The van der Waals surface area contributed by atoms with Crippen molar-refractivity contribution in [2.45, 2.75) is 22.7 Å². The van der Waals surface area contributed by atoms with Gasteiger partial charge in [-0.05, 0) is 66.2 Å². The summed E-state index contributed by atoms with van der Waals surface area (Å²) in [5.74, 6) is -2.39. The Labute approximate surface area is 254 Å². The zero-order valence-corrected chi connectivity index (χ0v) is 24.9. The molecule has 3 heterocycles. The molecule has 0 unspecified atom stereocenters. The van der Waals surface area contributed by atoms with Crippen LogP contribution in [0, 0.1) is 5.92 Å². The fourth-order valence-corrected chi connectivity index (χ4v) is 8.23. The van der Waals surface area contributed by atoms with Crippen molar-refractivity contribution in [3.05, 3.63) is 97.9 Å². The van der Waals surface area contributed by atoms with Crippen molar-refractivity contribution >= 4 is 69.5 Å². The molecule has 1 fully saturated rings. The van der Waals surface area contributed by atoms with Crippen LogP contribution >= 0.6 is 34.7 Å². The highest BCUT2D eigenvalue weighted by Crippen LogP contribution is 2.54. The highest BCUT2D eigenvalue weighted by molar-refractivity contribution is 8.00. The van der Waals surface area contributed by atoms with E-state index >= 15 is 0 Å². The number of fused-ring (bicyclic) bond motifs is 2. The van der Waals surface area contributed by atoms with Gasteiger partial charge in [-0.25, -0.2) is 4.90 Å². The van der Waals surface area contributed by atoms with Crippen molar-refractivity contribution in [1.82, 2.24) is 4.57 Å². The van der Waals surface area contributed by atoms with Crippen LogP contribution in [0.25, 0.3) is 0 Å². The first-order valence-electron chi connectivity index (χ1n) is 13.0. The molecule has 9 nitrogen and oxygen atoms in total. The normalized spacial score (nSPS) is 19.4. The first-order valence-corrected chi connectivity index (χ1v) is 15.1. The Hall–Kier alpha value is -4.06. The first-order chi connectivity index (χ1) is 20.1. The lowest BCUT2D eigenvalue weighted by atomic mass is 9.83. The van der Waals surface area contributed by atoms with E-state index in [0.717, 1.165) is 34.3 Å². The van der Waals surface area contributed by atoms with Crippen molar-refractivity contribution in [2.75, 3.05) is 29.2 Å².